The first-order valence-corrected chi connectivity index (χ1v) is 5.29. The maximum absolute atomic E-state index is 12.4. The molecule has 0 aliphatic rings. The van der Waals surface area contributed by atoms with Crippen molar-refractivity contribution < 1.29 is 8.78 Å². The summed E-state index contributed by atoms with van der Waals surface area (Å²) in [6, 6.07) is 4.36. The van der Waals surface area contributed by atoms with E-state index in [0.717, 1.165) is 18.4 Å². The predicted molar refractivity (Wildman–Crippen MR) is 58.4 cm³/mol. The fourth-order valence-corrected chi connectivity index (χ4v) is 1.59. The van der Waals surface area contributed by atoms with Gasteiger partial charge in [0.25, 0.3) is 6.43 Å². The van der Waals surface area contributed by atoms with E-state index >= 15 is 0 Å². The van der Waals surface area contributed by atoms with Gasteiger partial charge in [0.1, 0.15) is 0 Å². The summed E-state index contributed by atoms with van der Waals surface area (Å²) in [4.78, 5) is 0. The van der Waals surface area contributed by atoms with Gasteiger partial charge < -0.3 is 5.73 Å². The van der Waals surface area contributed by atoms with Gasteiger partial charge in [0.15, 0.2) is 0 Å². The third-order valence-electron chi connectivity index (χ3n) is 2.22. The zero-order chi connectivity index (χ0) is 11.3. The molecule has 84 valence electrons. The number of alkyl halides is 2. The van der Waals surface area contributed by atoms with Crippen LogP contribution in [-0.2, 0) is 6.42 Å². The van der Waals surface area contributed by atoms with Crippen molar-refractivity contribution in [3.63, 3.8) is 0 Å². The smallest absolute Gasteiger partial charge is 0.263 e. The second-order valence-corrected chi connectivity index (χ2v) is 3.80. The molecule has 0 unspecified atom stereocenters. The minimum absolute atomic E-state index is 0.0298. The van der Waals surface area contributed by atoms with Gasteiger partial charge in [-0.25, -0.2) is 8.78 Å². The van der Waals surface area contributed by atoms with Crippen LogP contribution in [0.15, 0.2) is 18.2 Å². The summed E-state index contributed by atoms with van der Waals surface area (Å²) in [5.41, 5.74) is 6.17. The van der Waals surface area contributed by atoms with Crippen molar-refractivity contribution in [3.05, 3.63) is 34.3 Å². The Labute approximate surface area is 93.2 Å². The molecule has 0 aliphatic carbocycles. The molecule has 0 atom stereocenters. The second-order valence-electron chi connectivity index (χ2n) is 3.40. The molecule has 0 amide bonds. The van der Waals surface area contributed by atoms with Gasteiger partial charge in [-0.3, -0.25) is 0 Å². The monoisotopic (exact) mass is 233 g/mol. The molecule has 0 aliphatic heterocycles. The Morgan fingerprint density at radius 1 is 1.27 bits per heavy atom. The van der Waals surface area contributed by atoms with Gasteiger partial charge >= 0.3 is 0 Å². The molecule has 0 saturated carbocycles. The summed E-state index contributed by atoms with van der Waals surface area (Å²) in [6.45, 7) is 0.617. The molecular weight excluding hydrogens is 220 g/mol. The van der Waals surface area contributed by atoms with Gasteiger partial charge in [0, 0.05) is 10.6 Å². The van der Waals surface area contributed by atoms with Crippen molar-refractivity contribution in [2.45, 2.75) is 25.7 Å². The summed E-state index contributed by atoms with van der Waals surface area (Å²) < 4.78 is 24.8. The van der Waals surface area contributed by atoms with Crippen molar-refractivity contribution in [1.29, 1.82) is 0 Å². The quantitative estimate of drug-likeness (QED) is 0.774. The van der Waals surface area contributed by atoms with Crippen LogP contribution in [0, 0.1) is 0 Å². The second kappa shape index (κ2) is 6.03. The van der Waals surface area contributed by atoms with E-state index in [9.17, 15) is 8.78 Å². The Morgan fingerprint density at radius 3 is 2.60 bits per heavy atom. The van der Waals surface area contributed by atoms with Crippen LogP contribution >= 0.6 is 11.6 Å². The van der Waals surface area contributed by atoms with Crippen LogP contribution in [0.1, 0.15) is 30.4 Å². The first-order valence-electron chi connectivity index (χ1n) is 4.91. The maximum Gasteiger partial charge on any atom is 0.263 e. The van der Waals surface area contributed by atoms with E-state index in [1.807, 2.05) is 0 Å². The number of nitrogens with two attached hydrogens (primary N) is 1. The standard InChI is InChI=1S/C11H14ClF2N/c12-10-5-4-9(11(13)14)7-8(10)3-1-2-6-15/h4-5,7,11H,1-3,6,15H2. The molecule has 1 aromatic rings. The van der Waals surface area contributed by atoms with Crippen molar-refractivity contribution in [2.24, 2.45) is 5.73 Å². The molecule has 15 heavy (non-hydrogen) atoms. The fraction of sp³-hybridized carbons (Fsp3) is 0.455. The van der Waals surface area contributed by atoms with Crippen LogP contribution in [0.5, 0.6) is 0 Å². The van der Waals surface area contributed by atoms with E-state index in [1.165, 1.54) is 18.2 Å². The highest BCUT2D eigenvalue weighted by Crippen LogP contribution is 2.25. The SMILES string of the molecule is NCCCCc1cc(C(F)F)ccc1Cl. The van der Waals surface area contributed by atoms with E-state index in [-0.39, 0.29) is 5.56 Å². The Morgan fingerprint density at radius 2 is 2.00 bits per heavy atom. The third kappa shape index (κ3) is 3.76. The van der Waals surface area contributed by atoms with Crippen LogP contribution < -0.4 is 5.73 Å². The Bertz CT molecular complexity index is 315. The van der Waals surface area contributed by atoms with Crippen LogP contribution in [0.4, 0.5) is 8.78 Å². The van der Waals surface area contributed by atoms with Crippen LogP contribution in [0.25, 0.3) is 0 Å². The molecule has 0 heterocycles. The molecule has 1 aromatic carbocycles. The predicted octanol–water partition coefficient (Wildman–Crippen LogP) is 3.56. The fourth-order valence-electron chi connectivity index (χ4n) is 1.38. The van der Waals surface area contributed by atoms with E-state index in [4.69, 9.17) is 17.3 Å². The lowest BCUT2D eigenvalue weighted by Gasteiger charge is -2.06. The van der Waals surface area contributed by atoms with Gasteiger partial charge in [0.2, 0.25) is 0 Å². The summed E-state index contributed by atoms with van der Waals surface area (Å²) in [5.74, 6) is 0. The normalized spacial score (nSPS) is 11.0. The van der Waals surface area contributed by atoms with Gasteiger partial charge in [-0.1, -0.05) is 17.7 Å². The minimum atomic E-state index is -2.43. The van der Waals surface area contributed by atoms with Gasteiger partial charge in [-0.2, -0.15) is 0 Å². The molecule has 2 N–H and O–H groups in total. The highest BCUT2D eigenvalue weighted by atomic mass is 35.5. The van der Waals surface area contributed by atoms with Crippen LogP contribution in [0.3, 0.4) is 0 Å². The number of hydrogen-bond acceptors (Lipinski definition) is 1. The number of hydrogen-bond donors (Lipinski definition) is 1. The van der Waals surface area contributed by atoms with Crippen LogP contribution in [0.2, 0.25) is 5.02 Å². The number of rotatable bonds is 5. The van der Waals surface area contributed by atoms with Crippen molar-refractivity contribution in [3.8, 4) is 0 Å². The Hall–Kier alpha value is -0.670. The molecule has 0 spiro atoms. The Kier molecular flexibility index (Phi) is 4.99. The van der Waals surface area contributed by atoms with Gasteiger partial charge in [-0.05, 0) is 43.5 Å². The molecule has 0 bridgehead atoms. The molecule has 0 fully saturated rings. The first-order chi connectivity index (χ1) is 7.15. The molecule has 1 nitrogen and oxygen atoms in total. The molecule has 0 aromatic heterocycles. The largest absolute Gasteiger partial charge is 0.330 e. The summed E-state index contributed by atoms with van der Waals surface area (Å²) in [5, 5.41) is 0.552. The third-order valence-corrected chi connectivity index (χ3v) is 2.59. The average molecular weight is 234 g/mol. The highest BCUT2D eigenvalue weighted by molar-refractivity contribution is 6.31. The van der Waals surface area contributed by atoms with E-state index < -0.39 is 6.43 Å². The topological polar surface area (TPSA) is 26.0 Å². The van der Waals surface area contributed by atoms with E-state index in [1.54, 1.807) is 0 Å². The first kappa shape index (κ1) is 12.4. The van der Waals surface area contributed by atoms with Crippen molar-refractivity contribution in [1.82, 2.24) is 0 Å². The molecular formula is C11H14ClF2N. The van der Waals surface area contributed by atoms with E-state index in [2.05, 4.69) is 0 Å². The number of aryl methyl sites for hydroxylation is 1. The lowest BCUT2D eigenvalue weighted by atomic mass is 10.1. The molecule has 1 rings (SSSR count). The number of halogens is 3. The molecule has 4 heteroatoms. The number of unbranched alkanes of at least 4 members (excludes halogenated alkanes) is 1. The highest BCUT2D eigenvalue weighted by Gasteiger charge is 2.09. The molecule has 0 radical (unpaired) electrons. The Balaban J connectivity index is 2.72. The summed E-state index contributed by atoms with van der Waals surface area (Å²) >= 11 is 5.90. The number of benzene rings is 1. The van der Waals surface area contributed by atoms with Gasteiger partial charge in [0.05, 0.1) is 0 Å². The van der Waals surface area contributed by atoms with E-state index in [0.29, 0.717) is 18.0 Å². The van der Waals surface area contributed by atoms with Gasteiger partial charge in [-0.15, -0.1) is 0 Å². The summed E-state index contributed by atoms with van der Waals surface area (Å²) in [6.07, 6.45) is 0.0323. The van der Waals surface area contributed by atoms with Crippen molar-refractivity contribution in [2.75, 3.05) is 6.54 Å². The zero-order valence-electron chi connectivity index (χ0n) is 8.35. The maximum atomic E-state index is 12.4. The lowest BCUT2D eigenvalue weighted by molar-refractivity contribution is 0.151. The lowest BCUT2D eigenvalue weighted by Crippen LogP contribution is -1.99. The average Bonchev–Trinajstić information content (AvgIpc) is 2.20. The molecule has 0 saturated heterocycles. The zero-order valence-corrected chi connectivity index (χ0v) is 9.11. The minimum Gasteiger partial charge on any atom is -0.330 e. The van der Waals surface area contributed by atoms with Crippen LogP contribution in [-0.4, -0.2) is 6.54 Å². The van der Waals surface area contributed by atoms with Crippen molar-refractivity contribution >= 4 is 11.6 Å². The summed E-state index contributed by atoms with van der Waals surface area (Å²) in [7, 11) is 0.